The molecule has 5 rings (SSSR count). The number of rotatable bonds is 7. The fraction of sp³-hybridized carbons (Fsp3) is 0.348. The predicted molar refractivity (Wildman–Crippen MR) is 125 cm³/mol. The van der Waals surface area contributed by atoms with Crippen molar-refractivity contribution in [3.05, 3.63) is 64.6 Å². The lowest BCUT2D eigenvalue weighted by atomic mass is 10.2. The number of oxazole rings is 1. The molecule has 2 aromatic heterocycles. The Hall–Kier alpha value is -3.04. The molecule has 166 valence electrons. The third-order valence-electron chi connectivity index (χ3n) is 5.50. The molecule has 0 amide bonds. The SMILES string of the molecule is Cc1cccc(-n2c(SCCCn3c(=O)oc4ccccc43)nnc2N2CCOCC2)c1. The highest BCUT2D eigenvalue weighted by molar-refractivity contribution is 7.99. The number of anilines is 1. The minimum atomic E-state index is -0.311. The second-order valence-corrected chi connectivity index (χ2v) is 8.81. The Bertz CT molecular complexity index is 1270. The summed E-state index contributed by atoms with van der Waals surface area (Å²) in [7, 11) is 0. The van der Waals surface area contributed by atoms with Gasteiger partial charge in [0.1, 0.15) is 0 Å². The molecule has 0 bridgehead atoms. The largest absolute Gasteiger partial charge is 0.419 e. The topological polar surface area (TPSA) is 78.3 Å². The van der Waals surface area contributed by atoms with Gasteiger partial charge in [0.05, 0.1) is 24.4 Å². The first-order valence-corrected chi connectivity index (χ1v) is 11.8. The lowest BCUT2D eigenvalue weighted by Crippen LogP contribution is -2.37. The maximum Gasteiger partial charge on any atom is 0.419 e. The maximum atomic E-state index is 12.2. The zero-order valence-corrected chi connectivity index (χ0v) is 18.8. The van der Waals surface area contributed by atoms with Gasteiger partial charge in [-0.2, -0.15) is 0 Å². The Labute approximate surface area is 189 Å². The van der Waals surface area contributed by atoms with Gasteiger partial charge in [-0.05, 0) is 43.2 Å². The van der Waals surface area contributed by atoms with Gasteiger partial charge in [0.2, 0.25) is 5.95 Å². The van der Waals surface area contributed by atoms with Gasteiger partial charge in [-0.1, -0.05) is 36.0 Å². The van der Waals surface area contributed by atoms with Gasteiger partial charge in [-0.15, -0.1) is 10.2 Å². The average Bonchev–Trinajstić information content (AvgIpc) is 3.38. The molecule has 0 N–H and O–H groups in total. The van der Waals surface area contributed by atoms with Crippen LogP contribution in [-0.4, -0.2) is 51.4 Å². The van der Waals surface area contributed by atoms with Crippen molar-refractivity contribution in [2.45, 2.75) is 25.0 Å². The zero-order valence-electron chi connectivity index (χ0n) is 17.9. The van der Waals surface area contributed by atoms with Crippen molar-refractivity contribution in [1.82, 2.24) is 19.3 Å². The monoisotopic (exact) mass is 451 g/mol. The summed E-state index contributed by atoms with van der Waals surface area (Å²) in [5.74, 6) is 1.34. The van der Waals surface area contributed by atoms with Crippen LogP contribution in [0.25, 0.3) is 16.8 Å². The van der Waals surface area contributed by atoms with E-state index in [0.29, 0.717) is 25.3 Å². The normalized spacial score (nSPS) is 14.3. The minimum absolute atomic E-state index is 0.311. The summed E-state index contributed by atoms with van der Waals surface area (Å²) in [6.07, 6.45) is 0.807. The molecule has 0 aliphatic carbocycles. The first-order valence-electron chi connectivity index (χ1n) is 10.8. The summed E-state index contributed by atoms with van der Waals surface area (Å²) in [6.45, 7) is 5.66. The van der Waals surface area contributed by atoms with Crippen molar-refractivity contribution >= 4 is 28.8 Å². The Morgan fingerprint density at radius 3 is 2.75 bits per heavy atom. The molecule has 0 atom stereocenters. The van der Waals surface area contributed by atoms with Crippen molar-refractivity contribution in [2.24, 2.45) is 0 Å². The van der Waals surface area contributed by atoms with Crippen molar-refractivity contribution in [1.29, 1.82) is 0 Å². The van der Waals surface area contributed by atoms with E-state index < -0.39 is 0 Å². The summed E-state index contributed by atoms with van der Waals surface area (Å²) >= 11 is 1.65. The molecule has 1 saturated heterocycles. The van der Waals surface area contributed by atoms with Gasteiger partial charge in [-0.25, -0.2) is 4.79 Å². The molecule has 0 spiro atoms. The number of benzene rings is 2. The number of para-hydroxylation sites is 2. The molecule has 0 unspecified atom stereocenters. The second kappa shape index (κ2) is 9.22. The van der Waals surface area contributed by atoms with Crippen LogP contribution in [-0.2, 0) is 11.3 Å². The fourth-order valence-corrected chi connectivity index (χ4v) is 4.80. The molecule has 8 nitrogen and oxygen atoms in total. The van der Waals surface area contributed by atoms with Crippen LogP contribution in [0.2, 0.25) is 0 Å². The van der Waals surface area contributed by atoms with E-state index in [1.54, 1.807) is 16.3 Å². The summed E-state index contributed by atoms with van der Waals surface area (Å²) < 4.78 is 14.7. The molecular weight excluding hydrogens is 426 g/mol. The van der Waals surface area contributed by atoms with E-state index >= 15 is 0 Å². The smallest absolute Gasteiger partial charge is 0.408 e. The fourth-order valence-electron chi connectivity index (χ4n) is 3.93. The Morgan fingerprint density at radius 2 is 1.91 bits per heavy atom. The van der Waals surface area contributed by atoms with Gasteiger partial charge in [0.25, 0.3) is 0 Å². The standard InChI is InChI=1S/C23H25N5O3S/c1-17-6-4-7-18(16-17)28-21(26-11-13-30-14-12-26)24-25-22(28)32-15-5-10-27-19-8-2-3-9-20(19)31-23(27)29/h2-4,6-9,16H,5,10-15H2,1H3. The van der Waals surface area contributed by atoms with Crippen LogP contribution in [0.15, 0.2) is 62.9 Å². The van der Waals surface area contributed by atoms with E-state index in [4.69, 9.17) is 9.15 Å². The molecule has 4 aromatic rings. The van der Waals surface area contributed by atoms with E-state index in [9.17, 15) is 4.79 Å². The van der Waals surface area contributed by atoms with E-state index in [0.717, 1.165) is 47.6 Å². The predicted octanol–water partition coefficient (Wildman–Crippen LogP) is 3.50. The number of morpholine rings is 1. The first-order chi connectivity index (χ1) is 15.7. The van der Waals surface area contributed by atoms with Crippen LogP contribution in [0.1, 0.15) is 12.0 Å². The highest BCUT2D eigenvalue weighted by Crippen LogP contribution is 2.28. The number of aryl methyl sites for hydroxylation is 2. The van der Waals surface area contributed by atoms with Crippen LogP contribution < -0.4 is 10.7 Å². The number of fused-ring (bicyclic) bond motifs is 1. The molecule has 1 fully saturated rings. The maximum absolute atomic E-state index is 12.2. The van der Waals surface area contributed by atoms with Crippen LogP contribution >= 0.6 is 11.8 Å². The third-order valence-corrected chi connectivity index (χ3v) is 6.52. The van der Waals surface area contributed by atoms with E-state index in [-0.39, 0.29) is 5.76 Å². The van der Waals surface area contributed by atoms with Gasteiger partial charge < -0.3 is 14.1 Å². The zero-order chi connectivity index (χ0) is 21.9. The van der Waals surface area contributed by atoms with Gasteiger partial charge in [0.15, 0.2) is 10.7 Å². The summed E-state index contributed by atoms with van der Waals surface area (Å²) in [5, 5.41) is 9.88. The lowest BCUT2D eigenvalue weighted by Gasteiger charge is -2.28. The number of hydrogen-bond acceptors (Lipinski definition) is 7. The molecule has 1 aliphatic rings. The van der Waals surface area contributed by atoms with Crippen molar-refractivity contribution in [3.8, 4) is 5.69 Å². The van der Waals surface area contributed by atoms with Crippen LogP contribution in [0.4, 0.5) is 5.95 Å². The Balaban J connectivity index is 1.34. The molecule has 0 radical (unpaired) electrons. The summed E-state index contributed by atoms with van der Waals surface area (Å²) in [5.41, 5.74) is 3.70. The molecule has 2 aromatic carbocycles. The van der Waals surface area contributed by atoms with Crippen molar-refractivity contribution in [3.63, 3.8) is 0 Å². The minimum Gasteiger partial charge on any atom is -0.408 e. The Morgan fingerprint density at radius 1 is 1.06 bits per heavy atom. The quantitative estimate of drug-likeness (QED) is 0.314. The number of hydrogen-bond donors (Lipinski definition) is 0. The van der Waals surface area contributed by atoms with Gasteiger partial charge in [-0.3, -0.25) is 9.13 Å². The molecule has 32 heavy (non-hydrogen) atoms. The van der Waals surface area contributed by atoms with E-state index in [1.807, 2.05) is 24.3 Å². The van der Waals surface area contributed by atoms with Gasteiger partial charge >= 0.3 is 5.76 Å². The summed E-state index contributed by atoms with van der Waals surface area (Å²) in [4.78, 5) is 14.4. The molecule has 1 aliphatic heterocycles. The Kier molecular flexibility index (Phi) is 6.00. The van der Waals surface area contributed by atoms with Crippen LogP contribution in [0.3, 0.4) is 0 Å². The number of aromatic nitrogens is 4. The van der Waals surface area contributed by atoms with E-state index in [1.165, 1.54) is 5.56 Å². The number of nitrogens with zero attached hydrogens (tertiary/aromatic N) is 5. The number of thioether (sulfide) groups is 1. The molecular formula is C23H25N5O3S. The van der Waals surface area contributed by atoms with Crippen molar-refractivity contribution < 1.29 is 9.15 Å². The lowest BCUT2D eigenvalue weighted by molar-refractivity contribution is 0.122. The highest BCUT2D eigenvalue weighted by Gasteiger charge is 2.22. The molecule has 3 heterocycles. The summed E-state index contributed by atoms with van der Waals surface area (Å²) in [6, 6.07) is 15.9. The van der Waals surface area contributed by atoms with Crippen molar-refractivity contribution in [2.75, 3.05) is 37.0 Å². The first kappa shape index (κ1) is 20.8. The van der Waals surface area contributed by atoms with Crippen LogP contribution in [0, 0.1) is 6.92 Å². The number of ether oxygens (including phenoxy) is 1. The molecule has 0 saturated carbocycles. The third kappa shape index (κ3) is 4.18. The average molecular weight is 452 g/mol. The second-order valence-electron chi connectivity index (χ2n) is 7.75. The van der Waals surface area contributed by atoms with E-state index in [2.05, 4.69) is 50.9 Å². The van der Waals surface area contributed by atoms with Gasteiger partial charge in [0, 0.05) is 25.4 Å². The van der Waals surface area contributed by atoms with Crippen LogP contribution in [0.5, 0.6) is 0 Å². The molecule has 9 heteroatoms. The highest BCUT2D eigenvalue weighted by atomic mass is 32.2.